The summed E-state index contributed by atoms with van der Waals surface area (Å²) in [6.45, 7) is 0.608. The molecule has 2 heterocycles. The van der Waals surface area contributed by atoms with Crippen LogP contribution in [0.4, 0.5) is 11.4 Å². The van der Waals surface area contributed by atoms with Gasteiger partial charge >= 0.3 is 0 Å². The van der Waals surface area contributed by atoms with E-state index in [1.54, 1.807) is 11.0 Å². The van der Waals surface area contributed by atoms with Gasteiger partial charge in [0.05, 0.1) is 22.5 Å². The summed E-state index contributed by atoms with van der Waals surface area (Å²) in [4.78, 5) is 10.3. The Morgan fingerprint density at radius 1 is 1.12 bits per heavy atom. The van der Waals surface area contributed by atoms with Gasteiger partial charge in [0.2, 0.25) is 6.35 Å². The molecule has 0 aliphatic carbocycles. The summed E-state index contributed by atoms with van der Waals surface area (Å²) < 4.78 is 0. The van der Waals surface area contributed by atoms with Gasteiger partial charge in [-0.1, -0.05) is 0 Å². The zero-order valence-corrected chi connectivity index (χ0v) is 13.9. The lowest BCUT2D eigenvalue weighted by molar-refractivity contribution is 0.0770. The summed E-state index contributed by atoms with van der Waals surface area (Å²) in [5.74, 6) is 0.328. The third-order valence-electron chi connectivity index (χ3n) is 4.22. The van der Waals surface area contributed by atoms with Crippen LogP contribution < -0.4 is 10.2 Å². The maximum Gasteiger partial charge on any atom is 0.206 e. The van der Waals surface area contributed by atoms with Crippen molar-refractivity contribution in [1.29, 1.82) is 10.5 Å². The largest absolute Gasteiger partial charge is 0.396 e. The maximum atomic E-state index is 10.2. The van der Waals surface area contributed by atoms with Gasteiger partial charge in [0.1, 0.15) is 17.9 Å². The van der Waals surface area contributed by atoms with E-state index in [4.69, 9.17) is 5.11 Å². The Hall–Kier alpha value is -2.82. The van der Waals surface area contributed by atoms with Gasteiger partial charge in [0, 0.05) is 13.2 Å². The van der Waals surface area contributed by atoms with Crippen molar-refractivity contribution >= 4 is 22.9 Å². The minimum Gasteiger partial charge on any atom is -0.396 e. The van der Waals surface area contributed by atoms with Gasteiger partial charge in [-0.2, -0.15) is 10.5 Å². The summed E-state index contributed by atoms with van der Waals surface area (Å²) in [6, 6.07) is 7.06. The Kier molecular flexibility index (Phi) is 5.26. The number of hydrogen-bond acceptors (Lipinski definition) is 9. The fraction of sp³-hybridized carbons (Fsp3) is 0.412. The molecule has 0 aromatic heterocycles. The van der Waals surface area contributed by atoms with E-state index in [2.05, 4.69) is 15.3 Å². The molecule has 1 aromatic carbocycles. The van der Waals surface area contributed by atoms with Crippen LogP contribution in [-0.2, 0) is 0 Å². The molecule has 0 saturated carbocycles. The van der Waals surface area contributed by atoms with Crippen molar-refractivity contribution < 1.29 is 15.3 Å². The van der Waals surface area contributed by atoms with Crippen LogP contribution in [0.3, 0.4) is 0 Å². The minimum absolute atomic E-state index is 0.107. The van der Waals surface area contributed by atoms with Crippen molar-refractivity contribution in [1.82, 2.24) is 5.32 Å². The first-order valence-electron chi connectivity index (χ1n) is 8.24. The SMILES string of the molecule is N#Cc1cc2c(cc1C#N)N(CCCCCO)C1=NC(O)NC(O)C1=N2. The molecule has 3 rings (SSSR count). The predicted molar refractivity (Wildman–Crippen MR) is 93.8 cm³/mol. The van der Waals surface area contributed by atoms with Crippen LogP contribution in [0.25, 0.3) is 0 Å². The molecule has 2 atom stereocenters. The molecule has 26 heavy (non-hydrogen) atoms. The number of nitrogens with one attached hydrogen (secondary N) is 1. The van der Waals surface area contributed by atoms with E-state index < -0.39 is 12.6 Å². The molecule has 0 radical (unpaired) electrons. The average molecular weight is 354 g/mol. The molecule has 2 aliphatic rings. The van der Waals surface area contributed by atoms with E-state index in [1.165, 1.54) is 6.07 Å². The zero-order chi connectivity index (χ0) is 18.7. The number of aliphatic hydroxyl groups excluding tert-OH is 3. The normalized spacial score (nSPS) is 21.0. The van der Waals surface area contributed by atoms with Crippen LogP contribution in [0.15, 0.2) is 22.1 Å². The van der Waals surface area contributed by atoms with Crippen LogP contribution in [0.2, 0.25) is 0 Å². The second kappa shape index (κ2) is 7.60. The number of nitrogens with zero attached hydrogens (tertiary/aromatic N) is 5. The van der Waals surface area contributed by atoms with Crippen molar-refractivity contribution in [3.05, 3.63) is 23.3 Å². The standard InChI is InChI=1S/C17H18N6O3/c18-8-10-6-12-13(7-11(10)9-19)23(4-2-1-3-5-24)15-14(20-12)16(25)22-17(26)21-15/h6-7,16-17,22,24-26H,1-5H2. The summed E-state index contributed by atoms with van der Waals surface area (Å²) in [6.07, 6.45) is -0.292. The maximum absolute atomic E-state index is 10.2. The van der Waals surface area contributed by atoms with Gasteiger partial charge in [-0.05, 0) is 31.4 Å². The lowest BCUT2D eigenvalue weighted by Gasteiger charge is -2.36. The third kappa shape index (κ3) is 3.29. The summed E-state index contributed by atoms with van der Waals surface area (Å²) >= 11 is 0. The van der Waals surface area contributed by atoms with Crippen molar-refractivity contribution in [2.24, 2.45) is 9.98 Å². The molecule has 2 aliphatic heterocycles. The van der Waals surface area contributed by atoms with Gasteiger partial charge in [-0.15, -0.1) is 0 Å². The third-order valence-corrected chi connectivity index (χ3v) is 4.22. The summed E-state index contributed by atoms with van der Waals surface area (Å²) in [7, 11) is 0. The molecular formula is C17H18N6O3. The second-order valence-electron chi connectivity index (χ2n) is 5.94. The van der Waals surface area contributed by atoms with E-state index in [9.17, 15) is 20.7 Å². The van der Waals surface area contributed by atoms with Gasteiger partial charge < -0.3 is 20.2 Å². The van der Waals surface area contributed by atoms with Crippen LogP contribution in [0, 0.1) is 22.7 Å². The molecule has 0 saturated heterocycles. The highest BCUT2D eigenvalue weighted by Crippen LogP contribution is 2.37. The highest BCUT2D eigenvalue weighted by atomic mass is 16.3. The minimum atomic E-state index is -1.27. The Morgan fingerprint density at radius 2 is 1.85 bits per heavy atom. The molecule has 4 N–H and O–H groups in total. The molecule has 0 fully saturated rings. The van der Waals surface area contributed by atoms with Crippen LogP contribution >= 0.6 is 0 Å². The fourth-order valence-electron chi connectivity index (χ4n) is 2.98. The molecule has 0 spiro atoms. The smallest absolute Gasteiger partial charge is 0.206 e. The summed E-state index contributed by atoms with van der Waals surface area (Å²) in [5.41, 5.74) is 1.72. The Morgan fingerprint density at radius 3 is 2.54 bits per heavy atom. The highest BCUT2D eigenvalue weighted by Gasteiger charge is 2.35. The van der Waals surface area contributed by atoms with Crippen LogP contribution in [-0.4, -0.2) is 52.6 Å². The Bertz CT molecular complexity index is 851. The van der Waals surface area contributed by atoms with E-state index in [-0.39, 0.29) is 23.4 Å². The van der Waals surface area contributed by atoms with E-state index >= 15 is 0 Å². The number of anilines is 1. The molecule has 0 amide bonds. The number of aliphatic imine (C=N–C) groups is 2. The molecule has 0 bridgehead atoms. The number of aliphatic hydroxyl groups is 3. The number of unbranched alkanes of at least 4 members (excludes halogenated alkanes) is 2. The zero-order valence-electron chi connectivity index (χ0n) is 13.9. The van der Waals surface area contributed by atoms with E-state index in [0.717, 1.165) is 12.8 Å². The molecule has 2 unspecified atom stereocenters. The van der Waals surface area contributed by atoms with Crippen LogP contribution in [0.5, 0.6) is 0 Å². The first-order chi connectivity index (χ1) is 12.6. The number of rotatable bonds is 5. The van der Waals surface area contributed by atoms with Crippen molar-refractivity contribution in [2.75, 3.05) is 18.1 Å². The monoisotopic (exact) mass is 354 g/mol. The van der Waals surface area contributed by atoms with E-state index in [0.29, 0.717) is 30.2 Å². The number of amidine groups is 1. The average Bonchev–Trinajstić information content (AvgIpc) is 2.64. The lowest BCUT2D eigenvalue weighted by Crippen LogP contribution is -2.56. The molecule has 9 nitrogen and oxygen atoms in total. The molecular weight excluding hydrogens is 336 g/mol. The lowest BCUT2D eigenvalue weighted by atomic mass is 10.0. The molecule has 9 heteroatoms. The first kappa shape index (κ1) is 18.0. The van der Waals surface area contributed by atoms with Crippen molar-refractivity contribution in [2.45, 2.75) is 31.8 Å². The quantitative estimate of drug-likeness (QED) is 0.547. The van der Waals surface area contributed by atoms with Crippen LogP contribution in [0.1, 0.15) is 30.4 Å². The number of fused-ring (bicyclic) bond motifs is 2. The molecule has 1 aromatic rings. The Balaban J connectivity index is 2.08. The van der Waals surface area contributed by atoms with Gasteiger partial charge in [-0.25, -0.2) is 15.3 Å². The number of benzene rings is 1. The van der Waals surface area contributed by atoms with Crippen molar-refractivity contribution in [3.8, 4) is 12.1 Å². The van der Waals surface area contributed by atoms with Crippen molar-refractivity contribution in [3.63, 3.8) is 0 Å². The number of hydrogen-bond donors (Lipinski definition) is 4. The molecule has 134 valence electrons. The Labute approximate surface area is 150 Å². The van der Waals surface area contributed by atoms with Gasteiger partial charge in [0.25, 0.3) is 0 Å². The van der Waals surface area contributed by atoms with E-state index in [1.807, 2.05) is 12.1 Å². The predicted octanol–water partition coefficient (Wildman–Crippen LogP) is 0.0811. The summed E-state index contributed by atoms with van der Waals surface area (Å²) in [5, 5.41) is 50.0. The highest BCUT2D eigenvalue weighted by molar-refractivity contribution is 6.49. The number of nitriles is 2. The first-order valence-corrected chi connectivity index (χ1v) is 8.24. The topological polar surface area (TPSA) is 148 Å². The fourth-order valence-corrected chi connectivity index (χ4v) is 2.98. The van der Waals surface area contributed by atoms with Gasteiger partial charge in [0.15, 0.2) is 12.1 Å². The van der Waals surface area contributed by atoms with Gasteiger partial charge in [-0.3, -0.25) is 0 Å². The second-order valence-corrected chi connectivity index (χ2v) is 5.94.